The van der Waals surface area contributed by atoms with Crippen LogP contribution >= 0.6 is 0 Å². The molecule has 2 aliphatic rings. The molecule has 1 aliphatic heterocycles. The normalized spacial score (nSPS) is 15.7. The zero-order chi connectivity index (χ0) is 32.6. The van der Waals surface area contributed by atoms with Crippen molar-refractivity contribution in [1.82, 2.24) is 5.32 Å². The Hall–Kier alpha value is -6.32. The maximum Gasteiger partial charge on any atom is 0.159 e. The van der Waals surface area contributed by atoms with E-state index >= 15 is 0 Å². The van der Waals surface area contributed by atoms with Gasteiger partial charge in [-0.2, -0.15) is 0 Å². The maximum absolute atomic E-state index is 5.26. The summed E-state index contributed by atoms with van der Waals surface area (Å²) in [5.74, 6) is 1.53. The number of amidine groups is 2. The highest BCUT2D eigenvalue weighted by atomic mass is 15.2. The van der Waals surface area contributed by atoms with Crippen molar-refractivity contribution in [3.63, 3.8) is 0 Å². The molecule has 1 atom stereocenters. The van der Waals surface area contributed by atoms with Crippen LogP contribution in [0.4, 0.5) is 0 Å². The molecule has 1 heterocycles. The van der Waals surface area contributed by atoms with Crippen LogP contribution in [0.2, 0.25) is 0 Å². The Bertz CT molecular complexity index is 2300. The lowest BCUT2D eigenvalue weighted by Crippen LogP contribution is -2.33. The molecule has 0 saturated heterocycles. The van der Waals surface area contributed by atoms with Crippen LogP contribution in [0.5, 0.6) is 0 Å². The summed E-state index contributed by atoms with van der Waals surface area (Å²) in [5.41, 5.74) is 12.6. The van der Waals surface area contributed by atoms with E-state index in [0.29, 0.717) is 5.84 Å². The molecule has 7 aromatic carbocycles. The fraction of sp³-hybridized carbons (Fsp3) is 0.0435. The third-order valence-electron chi connectivity index (χ3n) is 9.85. The van der Waals surface area contributed by atoms with Crippen LogP contribution in [0, 0.1) is 0 Å². The molecule has 1 unspecified atom stereocenters. The van der Waals surface area contributed by atoms with Crippen molar-refractivity contribution < 1.29 is 0 Å². The Morgan fingerprint density at radius 1 is 0.429 bits per heavy atom. The standard InChI is InChI=1S/C46H33N3/c1-5-18-32(19-6-1)43-47-44(33-20-7-2-8-21-33)49-45(48-43)38-27-14-13-26-36(38)37-29-17-31-41-42(37)39-28-15-16-30-40(39)46(41,34-22-9-3-10-23-34)35-24-11-4-12-25-35/h1-31,45H,(H,47,48,49). The van der Waals surface area contributed by atoms with Gasteiger partial charge in [-0.15, -0.1) is 0 Å². The highest BCUT2D eigenvalue weighted by Crippen LogP contribution is 2.58. The van der Waals surface area contributed by atoms with Crippen molar-refractivity contribution in [2.75, 3.05) is 0 Å². The zero-order valence-electron chi connectivity index (χ0n) is 26.9. The first-order chi connectivity index (χ1) is 24.3. The zero-order valence-corrected chi connectivity index (χ0v) is 26.9. The van der Waals surface area contributed by atoms with Crippen molar-refractivity contribution in [3.8, 4) is 22.3 Å². The van der Waals surface area contributed by atoms with Crippen LogP contribution in [0.3, 0.4) is 0 Å². The fourth-order valence-electron chi connectivity index (χ4n) is 7.77. The fourth-order valence-corrected chi connectivity index (χ4v) is 7.77. The van der Waals surface area contributed by atoms with Crippen LogP contribution < -0.4 is 5.32 Å². The molecule has 3 nitrogen and oxygen atoms in total. The number of nitrogens with zero attached hydrogens (tertiary/aromatic N) is 2. The van der Waals surface area contributed by atoms with Crippen molar-refractivity contribution >= 4 is 11.7 Å². The Morgan fingerprint density at radius 2 is 0.939 bits per heavy atom. The molecule has 7 aromatic rings. The minimum Gasteiger partial charge on any atom is -0.344 e. The molecule has 232 valence electrons. The number of nitrogens with one attached hydrogen (secondary N) is 1. The average Bonchev–Trinajstić information content (AvgIpc) is 3.50. The third-order valence-corrected chi connectivity index (χ3v) is 9.85. The molecule has 0 spiro atoms. The van der Waals surface area contributed by atoms with E-state index in [1.807, 2.05) is 36.4 Å². The number of hydrogen-bond donors (Lipinski definition) is 1. The van der Waals surface area contributed by atoms with Crippen molar-refractivity contribution in [1.29, 1.82) is 0 Å². The summed E-state index contributed by atoms with van der Waals surface area (Å²) in [7, 11) is 0. The molecule has 0 radical (unpaired) electrons. The highest BCUT2D eigenvalue weighted by Gasteiger charge is 2.46. The van der Waals surface area contributed by atoms with Gasteiger partial charge in [0.1, 0.15) is 12.0 Å². The summed E-state index contributed by atoms with van der Waals surface area (Å²) in [6.45, 7) is 0. The van der Waals surface area contributed by atoms with E-state index in [1.165, 1.54) is 38.9 Å². The molecule has 0 amide bonds. The minimum absolute atomic E-state index is 0.348. The van der Waals surface area contributed by atoms with Gasteiger partial charge in [-0.25, -0.2) is 9.98 Å². The van der Waals surface area contributed by atoms with Crippen LogP contribution in [-0.2, 0) is 5.41 Å². The second-order valence-corrected chi connectivity index (χ2v) is 12.5. The lowest BCUT2D eigenvalue weighted by molar-refractivity contribution is 0.676. The first-order valence-electron chi connectivity index (χ1n) is 16.8. The molecule has 0 fully saturated rings. The molecular weight excluding hydrogens is 595 g/mol. The summed E-state index contributed by atoms with van der Waals surface area (Å²) in [5, 5.41) is 3.71. The van der Waals surface area contributed by atoms with Gasteiger partial charge in [-0.1, -0.05) is 188 Å². The second kappa shape index (κ2) is 12.0. The summed E-state index contributed by atoms with van der Waals surface area (Å²) in [6.07, 6.45) is -0.348. The number of rotatable bonds is 6. The quantitative estimate of drug-likeness (QED) is 0.196. The molecule has 49 heavy (non-hydrogen) atoms. The first-order valence-corrected chi connectivity index (χ1v) is 16.8. The van der Waals surface area contributed by atoms with Crippen LogP contribution in [0.15, 0.2) is 198 Å². The van der Waals surface area contributed by atoms with E-state index in [2.05, 4.69) is 157 Å². The molecule has 1 N–H and O–H groups in total. The van der Waals surface area contributed by atoms with E-state index in [4.69, 9.17) is 9.98 Å². The Morgan fingerprint density at radius 3 is 1.61 bits per heavy atom. The van der Waals surface area contributed by atoms with Crippen molar-refractivity contribution in [3.05, 3.63) is 227 Å². The highest BCUT2D eigenvalue weighted by molar-refractivity contribution is 6.13. The first kappa shape index (κ1) is 28.9. The maximum atomic E-state index is 5.26. The predicted octanol–water partition coefficient (Wildman–Crippen LogP) is 10.2. The van der Waals surface area contributed by atoms with E-state index in [0.717, 1.165) is 28.1 Å². The Kier molecular flexibility index (Phi) is 7.09. The van der Waals surface area contributed by atoms with Gasteiger partial charge in [0.2, 0.25) is 0 Å². The molecule has 9 rings (SSSR count). The van der Waals surface area contributed by atoms with Gasteiger partial charge in [0.25, 0.3) is 0 Å². The molecule has 0 saturated carbocycles. The number of hydrogen-bond acceptors (Lipinski definition) is 3. The Balaban J connectivity index is 1.27. The van der Waals surface area contributed by atoms with Gasteiger partial charge in [-0.3, -0.25) is 0 Å². The van der Waals surface area contributed by atoms with Gasteiger partial charge in [0, 0.05) is 16.7 Å². The lowest BCUT2D eigenvalue weighted by Gasteiger charge is -2.34. The smallest absolute Gasteiger partial charge is 0.159 e. The number of fused-ring (bicyclic) bond motifs is 3. The van der Waals surface area contributed by atoms with Crippen LogP contribution in [-0.4, -0.2) is 11.7 Å². The van der Waals surface area contributed by atoms with E-state index in [-0.39, 0.29) is 6.17 Å². The molecule has 0 aromatic heterocycles. The van der Waals surface area contributed by atoms with E-state index in [9.17, 15) is 0 Å². The van der Waals surface area contributed by atoms with E-state index in [1.54, 1.807) is 0 Å². The van der Waals surface area contributed by atoms with Crippen molar-refractivity contribution in [2.24, 2.45) is 9.98 Å². The molecule has 1 aliphatic carbocycles. The Labute approximate surface area is 287 Å². The minimum atomic E-state index is -0.464. The van der Waals surface area contributed by atoms with E-state index < -0.39 is 5.41 Å². The van der Waals surface area contributed by atoms with Gasteiger partial charge in [0.15, 0.2) is 5.84 Å². The molecular formula is C46H33N3. The summed E-state index contributed by atoms with van der Waals surface area (Å²) >= 11 is 0. The van der Waals surface area contributed by atoms with Gasteiger partial charge in [-0.05, 0) is 44.5 Å². The number of aliphatic imine (C=N–C) groups is 2. The largest absolute Gasteiger partial charge is 0.344 e. The predicted molar refractivity (Wildman–Crippen MR) is 201 cm³/mol. The number of benzene rings is 7. The molecule has 3 heteroatoms. The summed E-state index contributed by atoms with van der Waals surface area (Å²) < 4.78 is 0. The lowest BCUT2D eigenvalue weighted by atomic mass is 9.67. The molecule has 0 bridgehead atoms. The second-order valence-electron chi connectivity index (χ2n) is 12.5. The monoisotopic (exact) mass is 627 g/mol. The van der Waals surface area contributed by atoms with Gasteiger partial charge < -0.3 is 5.32 Å². The topological polar surface area (TPSA) is 36.8 Å². The SMILES string of the molecule is c1ccc(C2=NC(c3ccccc3-c3cccc4c3-c3ccccc3C4(c3ccccc3)c3ccccc3)NC(c3ccccc3)=N2)cc1. The van der Waals surface area contributed by atoms with Gasteiger partial charge in [0.05, 0.1) is 5.41 Å². The van der Waals surface area contributed by atoms with Gasteiger partial charge >= 0.3 is 0 Å². The van der Waals surface area contributed by atoms with Crippen LogP contribution in [0.1, 0.15) is 45.1 Å². The summed E-state index contributed by atoms with van der Waals surface area (Å²) in [6, 6.07) is 67.0. The van der Waals surface area contributed by atoms with Crippen molar-refractivity contribution in [2.45, 2.75) is 11.6 Å². The summed E-state index contributed by atoms with van der Waals surface area (Å²) in [4.78, 5) is 10.3. The average molecular weight is 628 g/mol. The van der Waals surface area contributed by atoms with Crippen LogP contribution in [0.25, 0.3) is 22.3 Å². The third kappa shape index (κ3) is 4.74.